The number of aryl methyl sites for hydroxylation is 1. The highest BCUT2D eigenvalue weighted by atomic mass is 15.1. The molecule has 11 heavy (non-hydrogen) atoms. The van der Waals surface area contributed by atoms with Crippen molar-refractivity contribution in [2.45, 2.75) is 13.8 Å². The summed E-state index contributed by atoms with van der Waals surface area (Å²) in [7, 11) is 0. The molecule has 0 spiro atoms. The topological polar surface area (TPSA) is 41.0 Å². The van der Waals surface area contributed by atoms with Crippen molar-refractivity contribution in [1.82, 2.24) is 10.2 Å². The van der Waals surface area contributed by atoms with Crippen LogP contribution in [0.3, 0.4) is 0 Å². The van der Waals surface area contributed by atoms with Gasteiger partial charge in [0.1, 0.15) is 0 Å². The van der Waals surface area contributed by atoms with E-state index in [1.165, 1.54) is 0 Å². The molecular weight excluding hydrogens is 138 g/mol. The Morgan fingerprint density at radius 1 is 1.82 bits per heavy atom. The minimum Gasteiger partial charge on any atom is -0.282 e. The normalized spacial score (nSPS) is 11.6. The van der Waals surface area contributed by atoms with Gasteiger partial charge < -0.3 is 0 Å². The molecule has 0 saturated heterocycles. The summed E-state index contributed by atoms with van der Waals surface area (Å²) in [5.74, 6) is 0. The highest BCUT2D eigenvalue weighted by Gasteiger charge is 1.94. The van der Waals surface area contributed by atoms with Gasteiger partial charge in [-0.3, -0.25) is 10.1 Å². The predicted octanol–water partition coefficient (Wildman–Crippen LogP) is 1.78. The van der Waals surface area contributed by atoms with E-state index in [0.29, 0.717) is 0 Å². The Morgan fingerprint density at radius 3 is 3.00 bits per heavy atom. The number of hydrogen-bond acceptors (Lipinski definition) is 2. The zero-order chi connectivity index (χ0) is 8.27. The lowest BCUT2D eigenvalue weighted by Crippen LogP contribution is -1.75. The van der Waals surface area contributed by atoms with Crippen molar-refractivity contribution in [2.75, 3.05) is 0 Å². The van der Waals surface area contributed by atoms with Crippen molar-refractivity contribution < 1.29 is 0 Å². The molecule has 0 radical (unpaired) electrons. The van der Waals surface area contributed by atoms with Crippen molar-refractivity contribution in [3.8, 4) is 0 Å². The first-order valence-electron chi connectivity index (χ1n) is 3.39. The van der Waals surface area contributed by atoms with Gasteiger partial charge in [0.15, 0.2) is 0 Å². The number of aromatic nitrogens is 2. The lowest BCUT2D eigenvalue weighted by molar-refractivity contribution is 1.05. The van der Waals surface area contributed by atoms with Gasteiger partial charge >= 0.3 is 0 Å². The van der Waals surface area contributed by atoms with Crippen LogP contribution in [0.2, 0.25) is 0 Å². The molecule has 0 aliphatic rings. The molecule has 0 aromatic carbocycles. The third kappa shape index (κ3) is 1.77. The van der Waals surface area contributed by atoms with Gasteiger partial charge in [-0.05, 0) is 26.6 Å². The van der Waals surface area contributed by atoms with Crippen LogP contribution in [-0.2, 0) is 0 Å². The van der Waals surface area contributed by atoms with E-state index in [0.717, 1.165) is 17.0 Å². The predicted molar refractivity (Wildman–Crippen MR) is 46.5 cm³/mol. The number of allylic oxidation sites excluding steroid dienone is 1. The number of nitrogens with one attached hydrogen (secondary N) is 1. The van der Waals surface area contributed by atoms with Gasteiger partial charge in [-0.1, -0.05) is 0 Å². The molecule has 0 saturated carbocycles. The standard InChI is InChI=1S/C8H11N3/c1-6(9-3)4-8-5-10-11-7(8)2/h4-5H,3H2,1-2H3,(H,10,11)/b6-4-. The second-order valence-corrected chi connectivity index (χ2v) is 2.39. The van der Waals surface area contributed by atoms with Gasteiger partial charge in [0, 0.05) is 17.0 Å². The maximum Gasteiger partial charge on any atom is 0.0563 e. The fourth-order valence-electron chi connectivity index (χ4n) is 0.776. The summed E-state index contributed by atoms with van der Waals surface area (Å²) in [6.07, 6.45) is 3.70. The maximum absolute atomic E-state index is 3.88. The van der Waals surface area contributed by atoms with Gasteiger partial charge in [0.2, 0.25) is 0 Å². The van der Waals surface area contributed by atoms with Crippen LogP contribution >= 0.6 is 0 Å². The van der Waals surface area contributed by atoms with E-state index >= 15 is 0 Å². The van der Waals surface area contributed by atoms with E-state index in [-0.39, 0.29) is 0 Å². The van der Waals surface area contributed by atoms with Crippen LogP contribution in [0.1, 0.15) is 18.2 Å². The average molecular weight is 149 g/mol. The van der Waals surface area contributed by atoms with Crippen molar-refractivity contribution in [2.24, 2.45) is 4.99 Å². The van der Waals surface area contributed by atoms with Gasteiger partial charge in [-0.25, -0.2) is 0 Å². The Balaban J connectivity index is 2.94. The molecule has 1 aromatic rings. The van der Waals surface area contributed by atoms with Crippen LogP contribution in [0.15, 0.2) is 16.9 Å². The van der Waals surface area contributed by atoms with Crippen LogP contribution in [0.4, 0.5) is 0 Å². The van der Waals surface area contributed by atoms with Gasteiger partial charge in [0.25, 0.3) is 0 Å². The summed E-state index contributed by atoms with van der Waals surface area (Å²) in [5.41, 5.74) is 3.01. The number of H-pyrrole nitrogens is 1. The third-order valence-electron chi connectivity index (χ3n) is 1.48. The van der Waals surface area contributed by atoms with Gasteiger partial charge in [-0.2, -0.15) is 5.10 Å². The molecule has 0 atom stereocenters. The molecular formula is C8H11N3. The molecule has 1 aromatic heterocycles. The molecule has 58 valence electrons. The molecule has 0 amide bonds. The summed E-state index contributed by atoms with van der Waals surface area (Å²) in [6, 6.07) is 0. The molecule has 0 aliphatic heterocycles. The Morgan fingerprint density at radius 2 is 2.55 bits per heavy atom. The number of aliphatic imine (C=N–C) groups is 1. The van der Waals surface area contributed by atoms with Crippen LogP contribution in [-0.4, -0.2) is 16.9 Å². The molecule has 0 unspecified atom stereocenters. The fraction of sp³-hybridized carbons (Fsp3) is 0.250. The van der Waals surface area contributed by atoms with Gasteiger partial charge in [-0.15, -0.1) is 0 Å². The summed E-state index contributed by atoms with van der Waals surface area (Å²) >= 11 is 0. The van der Waals surface area contributed by atoms with E-state index in [9.17, 15) is 0 Å². The van der Waals surface area contributed by atoms with Crippen LogP contribution in [0.5, 0.6) is 0 Å². The van der Waals surface area contributed by atoms with E-state index < -0.39 is 0 Å². The molecule has 3 heteroatoms. The van der Waals surface area contributed by atoms with E-state index in [1.807, 2.05) is 19.9 Å². The number of aromatic amines is 1. The monoisotopic (exact) mass is 149 g/mol. The minimum absolute atomic E-state index is 0.898. The lowest BCUT2D eigenvalue weighted by Gasteiger charge is -1.89. The Labute approximate surface area is 65.9 Å². The Hall–Kier alpha value is -1.38. The Kier molecular flexibility index (Phi) is 2.21. The quantitative estimate of drug-likeness (QED) is 0.640. The Bertz CT molecular complexity index is 283. The smallest absolute Gasteiger partial charge is 0.0563 e. The van der Waals surface area contributed by atoms with Crippen LogP contribution in [0, 0.1) is 6.92 Å². The van der Waals surface area contributed by atoms with E-state index in [4.69, 9.17) is 0 Å². The molecule has 1 rings (SSSR count). The molecule has 3 nitrogen and oxygen atoms in total. The zero-order valence-electron chi connectivity index (χ0n) is 6.76. The second kappa shape index (κ2) is 3.14. The van der Waals surface area contributed by atoms with E-state index in [2.05, 4.69) is 21.9 Å². The largest absolute Gasteiger partial charge is 0.282 e. The second-order valence-electron chi connectivity index (χ2n) is 2.39. The fourth-order valence-corrected chi connectivity index (χ4v) is 0.776. The maximum atomic E-state index is 3.88. The van der Waals surface area contributed by atoms with Crippen molar-refractivity contribution in [1.29, 1.82) is 0 Å². The van der Waals surface area contributed by atoms with Crippen molar-refractivity contribution in [3.05, 3.63) is 23.2 Å². The zero-order valence-corrected chi connectivity index (χ0v) is 6.76. The first kappa shape index (κ1) is 7.72. The molecule has 0 fully saturated rings. The molecule has 0 aliphatic carbocycles. The van der Waals surface area contributed by atoms with Crippen LogP contribution in [0.25, 0.3) is 6.08 Å². The average Bonchev–Trinajstić information content (AvgIpc) is 2.37. The minimum atomic E-state index is 0.898. The number of hydrogen-bond donors (Lipinski definition) is 1. The highest BCUT2D eigenvalue weighted by Crippen LogP contribution is 2.08. The SMILES string of the molecule is C=N/C(C)=C\c1cn[nH]c1C. The number of nitrogens with zero attached hydrogens (tertiary/aromatic N) is 2. The third-order valence-corrected chi connectivity index (χ3v) is 1.48. The van der Waals surface area contributed by atoms with Crippen LogP contribution < -0.4 is 0 Å². The highest BCUT2D eigenvalue weighted by molar-refractivity contribution is 5.54. The van der Waals surface area contributed by atoms with Crippen molar-refractivity contribution >= 4 is 12.8 Å². The number of rotatable bonds is 2. The van der Waals surface area contributed by atoms with Gasteiger partial charge in [0.05, 0.1) is 6.20 Å². The molecule has 1 N–H and O–H groups in total. The summed E-state index contributed by atoms with van der Waals surface area (Å²) in [5, 5.41) is 6.72. The first-order valence-corrected chi connectivity index (χ1v) is 3.39. The van der Waals surface area contributed by atoms with Crippen molar-refractivity contribution in [3.63, 3.8) is 0 Å². The lowest BCUT2D eigenvalue weighted by atomic mass is 10.2. The molecule has 0 bridgehead atoms. The summed E-state index contributed by atoms with van der Waals surface area (Å²) < 4.78 is 0. The summed E-state index contributed by atoms with van der Waals surface area (Å²) in [4.78, 5) is 3.77. The molecule has 1 heterocycles. The summed E-state index contributed by atoms with van der Waals surface area (Å²) in [6.45, 7) is 7.29. The van der Waals surface area contributed by atoms with E-state index in [1.54, 1.807) is 6.20 Å². The first-order chi connectivity index (χ1) is 5.24.